The van der Waals surface area contributed by atoms with Crippen LogP contribution < -0.4 is 0 Å². The summed E-state index contributed by atoms with van der Waals surface area (Å²) in [5.41, 5.74) is 1.47. The van der Waals surface area contributed by atoms with Crippen LogP contribution >= 0.6 is 0 Å². The average molecular weight is 394 g/mol. The Morgan fingerprint density at radius 2 is 2.03 bits per heavy atom. The molecule has 0 bridgehead atoms. The first-order valence-electron chi connectivity index (χ1n) is 9.97. The number of nitrogens with zero attached hydrogens (tertiary/aromatic N) is 4. The van der Waals surface area contributed by atoms with Crippen LogP contribution in [0.1, 0.15) is 59.7 Å². The van der Waals surface area contributed by atoms with Gasteiger partial charge in [-0.3, -0.25) is 29.7 Å². The molecule has 1 aliphatic carbocycles. The van der Waals surface area contributed by atoms with Crippen LogP contribution in [0.2, 0.25) is 0 Å². The number of carbonyl (C=O) groups is 2. The summed E-state index contributed by atoms with van der Waals surface area (Å²) < 4.78 is 0. The lowest BCUT2D eigenvalue weighted by atomic mass is 9.93. The quantitative estimate of drug-likeness (QED) is 0.582. The van der Waals surface area contributed by atoms with Gasteiger partial charge in [0.15, 0.2) is 0 Å². The van der Waals surface area contributed by atoms with Gasteiger partial charge in [0.25, 0.3) is 5.91 Å². The number of benzene rings is 1. The average Bonchev–Trinajstić information content (AvgIpc) is 2.74. The molecule has 8 nitrogen and oxygen atoms in total. The largest absolute Gasteiger partial charge is 0.336 e. The minimum Gasteiger partial charge on any atom is -0.336 e. The number of ketones is 1. The molecular formula is C21H22N4O4. The van der Waals surface area contributed by atoms with Crippen molar-refractivity contribution in [2.75, 3.05) is 6.54 Å². The van der Waals surface area contributed by atoms with Gasteiger partial charge in [0.05, 0.1) is 22.9 Å². The number of Topliss-reactive ketones (excluding diaryl/α,β-unsaturated/α-hetero) is 1. The topological polar surface area (TPSA) is 106 Å². The maximum atomic E-state index is 13.1. The molecule has 1 saturated carbocycles. The first-order valence-corrected chi connectivity index (χ1v) is 9.97. The van der Waals surface area contributed by atoms with Crippen LogP contribution in [0.5, 0.6) is 0 Å². The van der Waals surface area contributed by atoms with Gasteiger partial charge in [-0.05, 0) is 31.9 Å². The van der Waals surface area contributed by atoms with E-state index < -0.39 is 16.7 Å². The van der Waals surface area contributed by atoms with E-state index in [2.05, 4.69) is 9.98 Å². The van der Waals surface area contributed by atoms with E-state index in [9.17, 15) is 19.7 Å². The number of aromatic nitrogens is 1. The van der Waals surface area contributed by atoms with Crippen molar-refractivity contribution in [2.24, 2.45) is 4.99 Å². The van der Waals surface area contributed by atoms with E-state index in [-0.39, 0.29) is 17.5 Å². The van der Waals surface area contributed by atoms with Crippen molar-refractivity contribution in [3.8, 4) is 0 Å². The number of nitro groups is 1. The zero-order valence-corrected chi connectivity index (χ0v) is 16.2. The molecule has 150 valence electrons. The molecule has 8 heteroatoms. The fourth-order valence-electron chi connectivity index (χ4n) is 4.28. The van der Waals surface area contributed by atoms with Crippen molar-refractivity contribution in [3.05, 3.63) is 45.6 Å². The molecule has 29 heavy (non-hydrogen) atoms. The summed E-state index contributed by atoms with van der Waals surface area (Å²) in [6, 6.07) is 3.76. The maximum absolute atomic E-state index is 13.1. The van der Waals surface area contributed by atoms with E-state index in [0.29, 0.717) is 28.7 Å². The smallest absolute Gasteiger partial charge is 0.309 e. The van der Waals surface area contributed by atoms with Crippen molar-refractivity contribution in [1.82, 2.24) is 9.88 Å². The number of rotatable bonds is 4. The number of pyridine rings is 1. The summed E-state index contributed by atoms with van der Waals surface area (Å²) in [6.45, 7) is 2.64. The summed E-state index contributed by atoms with van der Waals surface area (Å²) in [6.07, 6.45) is 8.14. The molecule has 4 rings (SSSR count). The molecule has 1 unspecified atom stereocenters. The molecule has 1 aromatic carbocycles. The SMILES string of the molecule is CCN(C(=O)c1cnc2c3c(ccc2c1)C(=O)C([N+](=O)[O-])C=N3)C1CCCCC1. The van der Waals surface area contributed by atoms with Gasteiger partial charge < -0.3 is 4.90 Å². The third-order valence-electron chi connectivity index (χ3n) is 5.80. The number of amides is 1. The third-order valence-corrected chi connectivity index (χ3v) is 5.80. The number of hydrogen-bond donors (Lipinski definition) is 0. The number of aliphatic imine (C=N–C) groups is 1. The first kappa shape index (κ1) is 19.2. The lowest BCUT2D eigenvalue weighted by molar-refractivity contribution is -0.485. The predicted octanol–water partition coefficient (Wildman–Crippen LogP) is 3.57. The molecule has 1 aliphatic heterocycles. The second kappa shape index (κ2) is 7.69. The zero-order chi connectivity index (χ0) is 20.5. The van der Waals surface area contributed by atoms with E-state index in [0.717, 1.165) is 31.9 Å². The summed E-state index contributed by atoms with van der Waals surface area (Å²) in [4.78, 5) is 46.3. The van der Waals surface area contributed by atoms with Crippen molar-refractivity contribution < 1.29 is 14.5 Å². The van der Waals surface area contributed by atoms with Gasteiger partial charge in [0.2, 0.25) is 5.78 Å². The molecule has 2 aliphatic rings. The zero-order valence-electron chi connectivity index (χ0n) is 16.2. The molecular weight excluding hydrogens is 372 g/mol. The van der Waals surface area contributed by atoms with E-state index in [1.807, 2.05) is 11.8 Å². The summed E-state index contributed by atoms with van der Waals surface area (Å²) in [5.74, 6) is -0.641. The lowest BCUT2D eigenvalue weighted by Crippen LogP contribution is -2.41. The normalized spacial score (nSPS) is 19.2. The first-order chi connectivity index (χ1) is 14.0. The van der Waals surface area contributed by atoms with E-state index >= 15 is 0 Å². The highest BCUT2D eigenvalue weighted by Gasteiger charge is 2.34. The van der Waals surface area contributed by atoms with E-state index in [1.54, 1.807) is 12.1 Å². The van der Waals surface area contributed by atoms with Gasteiger partial charge in [-0.25, -0.2) is 0 Å². The lowest BCUT2D eigenvalue weighted by Gasteiger charge is -2.33. The highest BCUT2D eigenvalue weighted by Crippen LogP contribution is 2.33. The highest BCUT2D eigenvalue weighted by molar-refractivity contribution is 6.18. The van der Waals surface area contributed by atoms with Crippen LogP contribution in [-0.4, -0.2) is 51.3 Å². The van der Waals surface area contributed by atoms with Gasteiger partial charge in [-0.15, -0.1) is 0 Å². The van der Waals surface area contributed by atoms with Crippen molar-refractivity contribution >= 4 is 34.5 Å². The Morgan fingerprint density at radius 1 is 1.28 bits per heavy atom. The number of hydrogen-bond acceptors (Lipinski definition) is 6. The second-order valence-corrected chi connectivity index (χ2v) is 7.51. The molecule has 1 aromatic heterocycles. The molecule has 1 fully saturated rings. The fraction of sp³-hybridized carbons (Fsp3) is 0.429. The van der Waals surface area contributed by atoms with Crippen LogP contribution in [0.3, 0.4) is 0 Å². The molecule has 1 amide bonds. The van der Waals surface area contributed by atoms with Gasteiger partial charge in [0.1, 0.15) is 5.69 Å². The molecule has 0 N–H and O–H groups in total. The van der Waals surface area contributed by atoms with Crippen LogP contribution in [0.25, 0.3) is 10.9 Å². The Balaban J connectivity index is 1.68. The second-order valence-electron chi connectivity index (χ2n) is 7.51. The van der Waals surface area contributed by atoms with Gasteiger partial charge in [-0.1, -0.05) is 25.3 Å². The van der Waals surface area contributed by atoms with Gasteiger partial charge in [-0.2, -0.15) is 0 Å². The Bertz CT molecular complexity index is 1030. The van der Waals surface area contributed by atoms with Crippen LogP contribution in [0.15, 0.2) is 29.4 Å². The molecule has 0 radical (unpaired) electrons. The summed E-state index contributed by atoms with van der Waals surface area (Å²) in [5, 5.41) is 11.7. The number of carbonyl (C=O) groups excluding carboxylic acids is 2. The van der Waals surface area contributed by atoms with Crippen molar-refractivity contribution in [2.45, 2.75) is 51.1 Å². The monoisotopic (exact) mass is 394 g/mol. The van der Waals surface area contributed by atoms with Crippen LogP contribution in [-0.2, 0) is 0 Å². The fourth-order valence-corrected chi connectivity index (χ4v) is 4.28. The van der Waals surface area contributed by atoms with Crippen molar-refractivity contribution in [3.63, 3.8) is 0 Å². The standard InChI is InChI=1S/C21H22N4O4/c1-2-24(15-6-4-3-5-7-15)21(27)14-10-13-8-9-16-19(18(13)22-11-14)23-12-17(20(16)26)25(28)29/h8-12,15,17H,2-7H2,1H3. The number of fused-ring (bicyclic) bond motifs is 3. The van der Waals surface area contributed by atoms with E-state index in [1.165, 1.54) is 18.7 Å². The molecule has 0 saturated heterocycles. The molecule has 0 spiro atoms. The van der Waals surface area contributed by atoms with Gasteiger partial charge in [0, 0.05) is 29.1 Å². The summed E-state index contributed by atoms with van der Waals surface area (Å²) >= 11 is 0. The Kier molecular flexibility index (Phi) is 5.08. The van der Waals surface area contributed by atoms with Crippen LogP contribution in [0, 0.1) is 10.1 Å². The van der Waals surface area contributed by atoms with Gasteiger partial charge >= 0.3 is 6.04 Å². The molecule has 2 aromatic rings. The Hall–Kier alpha value is -3.16. The third kappa shape index (κ3) is 3.39. The predicted molar refractivity (Wildman–Crippen MR) is 109 cm³/mol. The summed E-state index contributed by atoms with van der Waals surface area (Å²) in [7, 11) is 0. The highest BCUT2D eigenvalue weighted by atomic mass is 16.6. The van der Waals surface area contributed by atoms with Crippen LogP contribution in [0.4, 0.5) is 5.69 Å². The maximum Gasteiger partial charge on any atom is 0.309 e. The van der Waals surface area contributed by atoms with Crippen molar-refractivity contribution in [1.29, 1.82) is 0 Å². The van der Waals surface area contributed by atoms with E-state index in [4.69, 9.17) is 0 Å². The minimum atomic E-state index is -1.46. The Labute approximate surface area is 167 Å². The minimum absolute atomic E-state index is 0.0421. The molecule has 2 heterocycles. The molecule has 1 atom stereocenters. The Morgan fingerprint density at radius 3 is 2.72 bits per heavy atom.